The molecule has 0 radical (unpaired) electrons. The van der Waals surface area contributed by atoms with Gasteiger partial charge in [-0.15, -0.1) is 11.8 Å². The van der Waals surface area contributed by atoms with Crippen LogP contribution < -0.4 is 0 Å². The zero-order chi connectivity index (χ0) is 15.5. The van der Waals surface area contributed by atoms with Crippen LogP contribution in [0.1, 0.15) is 15.9 Å². The summed E-state index contributed by atoms with van der Waals surface area (Å²) in [7, 11) is 0. The van der Waals surface area contributed by atoms with Gasteiger partial charge in [-0.05, 0) is 24.3 Å². The molecule has 2 aromatic rings. The highest BCUT2D eigenvalue weighted by molar-refractivity contribution is 8.00. The maximum Gasteiger partial charge on any atom is 0.416 e. The van der Waals surface area contributed by atoms with E-state index in [2.05, 4.69) is 0 Å². The Kier molecular flexibility index (Phi) is 4.67. The minimum Gasteiger partial charge on any atom is -0.293 e. The van der Waals surface area contributed by atoms with E-state index < -0.39 is 23.3 Å². The van der Waals surface area contributed by atoms with Gasteiger partial charge in [-0.3, -0.25) is 4.79 Å². The Morgan fingerprint density at radius 2 is 1.76 bits per heavy atom. The SMILES string of the molecule is O=C(CSc1ccccc1F)c1cccc(C(F)(F)F)c1. The van der Waals surface area contributed by atoms with Crippen molar-refractivity contribution >= 4 is 17.5 Å². The first-order valence-electron chi connectivity index (χ1n) is 5.96. The van der Waals surface area contributed by atoms with Crippen molar-refractivity contribution in [3.05, 3.63) is 65.5 Å². The van der Waals surface area contributed by atoms with Crippen molar-refractivity contribution < 1.29 is 22.4 Å². The summed E-state index contributed by atoms with van der Waals surface area (Å²) in [6, 6.07) is 10.1. The van der Waals surface area contributed by atoms with Crippen LogP contribution in [0.25, 0.3) is 0 Å². The van der Waals surface area contributed by atoms with Crippen LogP contribution in [0.4, 0.5) is 17.6 Å². The van der Waals surface area contributed by atoms with Crippen LogP contribution >= 0.6 is 11.8 Å². The molecule has 0 N–H and O–H groups in total. The standard InChI is InChI=1S/C15H10F4OS/c16-12-6-1-2-7-14(12)21-9-13(20)10-4-3-5-11(8-10)15(17,18)19/h1-8H,9H2. The van der Waals surface area contributed by atoms with Crippen LogP contribution in [0, 0.1) is 5.82 Å². The molecule has 0 saturated heterocycles. The van der Waals surface area contributed by atoms with Gasteiger partial charge < -0.3 is 0 Å². The molecule has 21 heavy (non-hydrogen) atoms. The third kappa shape index (κ3) is 4.07. The highest BCUT2D eigenvalue weighted by Crippen LogP contribution is 2.30. The first kappa shape index (κ1) is 15.6. The number of thioether (sulfide) groups is 1. The van der Waals surface area contributed by atoms with Gasteiger partial charge in [-0.2, -0.15) is 13.2 Å². The number of hydrogen-bond donors (Lipinski definition) is 0. The van der Waals surface area contributed by atoms with Gasteiger partial charge in [-0.25, -0.2) is 4.39 Å². The van der Waals surface area contributed by atoms with E-state index >= 15 is 0 Å². The fourth-order valence-electron chi connectivity index (χ4n) is 1.66. The molecule has 0 amide bonds. The smallest absolute Gasteiger partial charge is 0.293 e. The number of benzene rings is 2. The van der Waals surface area contributed by atoms with Gasteiger partial charge in [0, 0.05) is 10.5 Å². The molecule has 2 aromatic carbocycles. The van der Waals surface area contributed by atoms with Gasteiger partial charge in [0.1, 0.15) is 5.82 Å². The highest BCUT2D eigenvalue weighted by atomic mass is 32.2. The molecule has 6 heteroatoms. The lowest BCUT2D eigenvalue weighted by Crippen LogP contribution is -2.08. The number of rotatable bonds is 4. The fourth-order valence-corrected chi connectivity index (χ4v) is 2.49. The molecular formula is C15H10F4OS. The first-order chi connectivity index (χ1) is 9.88. The molecule has 0 aliphatic heterocycles. The lowest BCUT2D eigenvalue weighted by molar-refractivity contribution is -0.137. The average Bonchev–Trinajstić information content (AvgIpc) is 2.45. The van der Waals surface area contributed by atoms with Crippen molar-refractivity contribution in [3.63, 3.8) is 0 Å². The average molecular weight is 314 g/mol. The predicted octanol–water partition coefficient (Wildman–Crippen LogP) is 4.82. The molecule has 0 aromatic heterocycles. The summed E-state index contributed by atoms with van der Waals surface area (Å²) >= 11 is 0.958. The first-order valence-corrected chi connectivity index (χ1v) is 6.94. The minimum absolute atomic E-state index is 0.0336. The molecule has 0 unspecified atom stereocenters. The van der Waals surface area contributed by atoms with Crippen molar-refractivity contribution in [2.75, 3.05) is 5.75 Å². The van der Waals surface area contributed by atoms with E-state index in [1.54, 1.807) is 6.07 Å². The number of alkyl halides is 3. The zero-order valence-corrected chi connectivity index (χ0v) is 11.5. The molecule has 0 bridgehead atoms. The maximum atomic E-state index is 13.4. The van der Waals surface area contributed by atoms with Gasteiger partial charge in [0.05, 0.1) is 11.3 Å². The third-order valence-corrected chi connectivity index (χ3v) is 3.76. The Balaban J connectivity index is 2.09. The number of carbonyl (C=O) groups excluding carboxylic acids is 1. The molecule has 0 heterocycles. The fraction of sp³-hybridized carbons (Fsp3) is 0.133. The lowest BCUT2D eigenvalue weighted by Gasteiger charge is -2.08. The quantitative estimate of drug-likeness (QED) is 0.457. The van der Waals surface area contributed by atoms with E-state index in [0.717, 1.165) is 23.9 Å². The van der Waals surface area contributed by atoms with Crippen LogP contribution in [0.5, 0.6) is 0 Å². The Bertz CT molecular complexity index is 652. The lowest BCUT2D eigenvalue weighted by atomic mass is 10.1. The number of carbonyl (C=O) groups is 1. The molecule has 0 aliphatic rings. The molecule has 0 fully saturated rings. The van der Waals surface area contributed by atoms with E-state index in [4.69, 9.17) is 0 Å². The monoisotopic (exact) mass is 314 g/mol. The zero-order valence-electron chi connectivity index (χ0n) is 10.7. The van der Waals surface area contributed by atoms with Crippen molar-refractivity contribution in [1.82, 2.24) is 0 Å². The second-order valence-corrected chi connectivity index (χ2v) is 5.24. The summed E-state index contributed by atoms with van der Waals surface area (Å²) in [5.74, 6) is -1.06. The normalized spacial score (nSPS) is 11.4. The minimum atomic E-state index is -4.49. The molecule has 0 saturated carbocycles. The van der Waals surface area contributed by atoms with Gasteiger partial charge in [0.25, 0.3) is 0 Å². The number of ketones is 1. The summed E-state index contributed by atoms with van der Waals surface area (Å²) < 4.78 is 51.1. The second kappa shape index (κ2) is 6.30. The van der Waals surface area contributed by atoms with E-state index in [1.807, 2.05) is 0 Å². The summed E-state index contributed by atoms with van der Waals surface area (Å²) in [5.41, 5.74) is -0.905. The summed E-state index contributed by atoms with van der Waals surface area (Å²) in [4.78, 5) is 12.2. The maximum absolute atomic E-state index is 13.4. The largest absolute Gasteiger partial charge is 0.416 e. The van der Waals surface area contributed by atoms with E-state index in [9.17, 15) is 22.4 Å². The molecular weight excluding hydrogens is 304 g/mol. The molecule has 110 valence electrons. The number of halogens is 4. The number of Topliss-reactive ketones (excluding diaryl/α,β-unsaturated/α-hetero) is 1. The number of hydrogen-bond acceptors (Lipinski definition) is 2. The molecule has 1 nitrogen and oxygen atoms in total. The third-order valence-electron chi connectivity index (χ3n) is 2.71. The van der Waals surface area contributed by atoms with Crippen LogP contribution in [0.3, 0.4) is 0 Å². The van der Waals surface area contributed by atoms with Crippen LogP contribution in [0.15, 0.2) is 53.4 Å². The Morgan fingerprint density at radius 1 is 1.05 bits per heavy atom. The molecule has 0 spiro atoms. The van der Waals surface area contributed by atoms with Gasteiger partial charge in [0.15, 0.2) is 5.78 Å². The van der Waals surface area contributed by atoms with Crippen molar-refractivity contribution in [1.29, 1.82) is 0 Å². The summed E-state index contributed by atoms with van der Waals surface area (Å²) in [6.45, 7) is 0. The predicted molar refractivity (Wildman–Crippen MR) is 72.9 cm³/mol. The van der Waals surface area contributed by atoms with Crippen molar-refractivity contribution in [2.45, 2.75) is 11.1 Å². The summed E-state index contributed by atoms with van der Waals surface area (Å²) in [6.07, 6.45) is -4.49. The van der Waals surface area contributed by atoms with Crippen LogP contribution in [-0.4, -0.2) is 11.5 Å². The van der Waals surface area contributed by atoms with Crippen LogP contribution in [-0.2, 0) is 6.18 Å². The Hall–Kier alpha value is -1.82. The molecule has 0 aliphatic carbocycles. The van der Waals surface area contributed by atoms with E-state index in [0.29, 0.717) is 0 Å². The van der Waals surface area contributed by atoms with Crippen LogP contribution in [0.2, 0.25) is 0 Å². The topological polar surface area (TPSA) is 17.1 Å². The highest BCUT2D eigenvalue weighted by Gasteiger charge is 2.30. The van der Waals surface area contributed by atoms with Gasteiger partial charge in [-0.1, -0.05) is 24.3 Å². The van der Waals surface area contributed by atoms with Gasteiger partial charge in [0.2, 0.25) is 0 Å². The Morgan fingerprint density at radius 3 is 2.43 bits per heavy atom. The van der Waals surface area contributed by atoms with E-state index in [1.165, 1.54) is 30.3 Å². The molecule has 0 atom stereocenters. The van der Waals surface area contributed by atoms with Crippen molar-refractivity contribution in [2.24, 2.45) is 0 Å². The molecule has 2 rings (SSSR count). The summed E-state index contributed by atoms with van der Waals surface area (Å²) in [5, 5.41) is 0. The van der Waals surface area contributed by atoms with Crippen molar-refractivity contribution in [3.8, 4) is 0 Å². The van der Waals surface area contributed by atoms with Gasteiger partial charge >= 0.3 is 6.18 Å². The Labute approximate surface area is 123 Å². The van der Waals surface area contributed by atoms with E-state index in [-0.39, 0.29) is 16.2 Å². The second-order valence-electron chi connectivity index (χ2n) is 4.22.